The first-order valence-corrected chi connectivity index (χ1v) is 11.8. The number of benzene rings is 3. The van der Waals surface area contributed by atoms with Crippen molar-refractivity contribution < 1.29 is 14.2 Å². The Kier molecular flexibility index (Phi) is 7.14. The maximum Gasteiger partial charge on any atom is 0.264 e. The summed E-state index contributed by atoms with van der Waals surface area (Å²) in [5, 5.41) is 11.7. The molecule has 4 nitrogen and oxygen atoms in total. The highest BCUT2D eigenvalue weighted by molar-refractivity contribution is 7.67. The molecule has 0 heterocycles. The van der Waals surface area contributed by atoms with Crippen molar-refractivity contribution in [2.24, 2.45) is 0 Å². The molecule has 0 saturated heterocycles. The Balaban J connectivity index is 1.96. The zero-order chi connectivity index (χ0) is 21.7. The van der Waals surface area contributed by atoms with Gasteiger partial charge in [-0.3, -0.25) is 4.57 Å². The van der Waals surface area contributed by atoms with E-state index in [9.17, 15) is 9.67 Å². The molecule has 0 bridgehead atoms. The first-order chi connectivity index (χ1) is 14.3. The summed E-state index contributed by atoms with van der Waals surface area (Å²) in [6.07, 6.45) is 0. The van der Waals surface area contributed by atoms with Gasteiger partial charge in [0.05, 0.1) is 6.61 Å². The third-order valence-corrected chi connectivity index (χ3v) is 7.69. The fraction of sp³-hybridized carbons (Fsp3) is 0.280. The van der Waals surface area contributed by atoms with Gasteiger partial charge in [-0.25, -0.2) is 0 Å². The molecule has 0 aromatic heterocycles. The van der Waals surface area contributed by atoms with Gasteiger partial charge < -0.3 is 14.5 Å². The summed E-state index contributed by atoms with van der Waals surface area (Å²) >= 11 is 0. The van der Waals surface area contributed by atoms with Crippen molar-refractivity contribution in [2.75, 3.05) is 19.0 Å². The Bertz CT molecular complexity index is 983. The van der Waals surface area contributed by atoms with Crippen LogP contribution in [0.3, 0.4) is 0 Å². The molecular weight excluding hydrogens is 393 g/mol. The molecule has 2 atom stereocenters. The zero-order valence-corrected chi connectivity index (χ0v) is 18.9. The minimum absolute atomic E-state index is 0.161. The van der Waals surface area contributed by atoms with E-state index in [-0.39, 0.29) is 6.61 Å². The van der Waals surface area contributed by atoms with Crippen LogP contribution in [0.15, 0.2) is 78.9 Å². The molecule has 0 radical (unpaired) electrons. The molecule has 1 N–H and O–H groups in total. The van der Waals surface area contributed by atoms with Crippen LogP contribution in [0.4, 0.5) is 5.69 Å². The predicted octanol–water partition coefficient (Wildman–Crippen LogP) is 5.69. The molecule has 0 amide bonds. The summed E-state index contributed by atoms with van der Waals surface area (Å²) in [6.45, 7) is 4.39. The average molecular weight is 423 g/mol. The van der Waals surface area contributed by atoms with Crippen molar-refractivity contribution in [1.29, 1.82) is 0 Å². The zero-order valence-electron chi connectivity index (χ0n) is 18.0. The molecule has 0 unspecified atom stereocenters. The van der Waals surface area contributed by atoms with Crippen molar-refractivity contribution in [2.45, 2.75) is 32.2 Å². The molecule has 30 heavy (non-hydrogen) atoms. The van der Waals surface area contributed by atoms with E-state index in [4.69, 9.17) is 4.52 Å². The molecule has 0 spiro atoms. The van der Waals surface area contributed by atoms with E-state index >= 15 is 0 Å². The Hall–Kier alpha value is -2.39. The summed E-state index contributed by atoms with van der Waals surface area (Å²) in [7, 11) is 0.298. The van der Waals surface area contributed by atoms with Crippen LogP contribution in [-0.4, -0.2) is 19.2 Å². The van der Waals surface area contributed by atoms with Gasteiger partial charge in [-0.1, -0.05) is 68.4 Å². The van der Waals surface area contributed by atoms with Crippen LogP contribution in [0.5, 0.6) is 0 Å². The van der Waals surface area contributed by atoms with Gasteiger partial charge in [0.25, 0.3) is 7.37 Å². The van der Waals surface area contributed by atoms with Gasteiger partial charge in [0.15, 0.2) is 5.85 Å². The monoisotopic (exact) mass is 423 g/mol. The number of aliphatic hydroxyl groups is 1. The lowest BCUT2D eigenvalue weighted by molar-refractivity contribution is 0.210. The lowest BCUT2D eigenvalue weighted by Crippen LogP contribution is -2.16. The summed E-state index contributed by atoms with van der Waals surface area (Å²) in [6, 6.07) is 24.6. The fourth-order valence-electron chi connectivity index (χ4n) is 3.24. The van der Waals surface area contributed by atoms with Crippen LogP contribution >= 0.6 is 7.37 Å². The minimum Gasteiger partial charge on any atom is -0.378 e. The number of aliphatic hydroxyl groups excluding tert-OH is 1. The van der Waals surface area contributed by atoms with E-state index in [0.717, 1.165) is 11.3 Å². The van der Waals surface area contributed by atoms with Crippen LogP contribution in [-0.2, 0) is 15.7 Å². The van der Waals surface area contributed by atoms with Gasteiger partial charge in [0.1, 0.15) is 0 Å². The molecule has 0 fully saturated rings. The molecular formula is C25H30NO3P. The number of rotatable bonds is 8. The van der Waals surface area contributed by atoms with E-state index in [0.29, 0.717) is 16.8 Å². The number of anilines is 1. The summed E-state index contributed by atoms with van der Waals surface area (Å²) in [5.41, 5.74) is 3.66. The average Bonchev–Trinajstić information content (AvgIpc) is 2.77. The van der Waals surface area contributed by atoms with E-state index in [1.54, 1.807) is 12.1 Å². The second kappa shape index (κ2) is 9.61. The molecule has 3 aromatic carbocycles. The topological polar surface area (TPSA) is 49.8 Å². The van der Waals surface area contributed by atoms with E-state index in [1.165, 1.54) is 5.56 Å². The molecule has 0 aliphatic rings. The fourth-order valence-corrected chi connectivity index (χ4v) is 5.28. The summed E-state index contributed by atoms with van der Waals surface area (Å²) in [5.74, 6) is -0.858. The molecule has 158 valence electrons. The van der Waals surface area contributed by atoms with Gasteiger partial charge >= 0.3 is 0 Å². The van der Waals surface area contributed by atoms with Crippen molar-refractivity contribution in [3.8, 4) is 0 Å². The van der Waals surface area contributed by atoms with Crippen LogP contribution in [0.2, 0.25) is 0 Å². The Morgan fingerprint density at radius 2 is 1.43 bits per heavy atom. The van der Waals surface area contributed by atoms with Crippen molar-refractivity contribution in [1.82, 2.24) is 0 Å². The SMILES string of the molecule is CC(C)c1ccc([C@H](O)[P@@](=O)(OCc2ccccc2)c2ccc(N(C)C)cc2)cc1. The first-order valence-electron chi connectivity index (χ1n) is 10.2. The lowest BCUT2D eigenvalue weighted by atomic mass is 10.0. The maximum absolute atomic E-state index is 14.1. The highest BCUT2D eigenvalue weighted by Gasteiger charge is 2.36. The Morgan fingerprint density at radius 1 is 0.867 bits per heavy atom. The van der Waals surface area contributed by atoms with E-state index < -0.39 is 13.2 Å². The normalized spacial score (nSPS) is 14.3. The molecule has 0 aliphatic heterocycles. The van der Waals surface area contributed by atoms with E-state index in [1.807, 2.05) is 85.7 Å². The highest BCUT2D eigenvalue weighted by Crippen LogP contribution is 2.58. The third kappa shape index (κ3) is 5.02. The van der Waals surface area contributed by atoms with Crippen molar-refractivity contribution >= 4 is 18.4 Å². The molecule has 3 rings (SSSR count). The quantitative estimate of drug-likeness (QED) is 0.473. The largest absolute Gasteiger partial charge is 0.378 e. The van der Waals surface area contributed by atoms with Gasteiger partial charge in [0.2, 0.25) is 0 Å². The summed E-state index contributed by atoms with van der Waals surface area (Å²) < 4.78 is 20.1. The lowest BCUT2D eigenvalue weighted by Gasteiger charge is -2.25. The molecule has 0 saturated carbocycles. The number of hydrogen-bond donors (Lipinski definition) is 1. The molecule has 5 heteroatoms. The Labute approximate surface area is 179 Å². The van der Waals surface area contributed by atoms with Gasteiger partial charge in [-0.05, 0) is 46.9 Å². The maximum atomic E-state index is 14.1. The van der Waals surface area contributed by atoms with Crippen LogP contribution in [0.1, 0.15) is 42.3 Å². The molecule has 3 aromatic rings. The number of hydrogen-bond acceptors (Lipinski definition) is 4. The third-order valence-electron chi connectivity index (χ3n) is 5.22. The van der Waals surface area contributed by atoms with Gasteiger partial charge in [-0.15, -0.1) is 0 Å². The van der Waals surface area contributed by atoms with Crippen LogP contribution in [0, 0.1) is 0 Å². The first kappa shape index (κ1) is 22.3. The second-order valence-corrected chi connectivity index (χ2v) is 10.4. The Morgan fingerprint density at radius 3 is 1.97 bits per heavy atom. The molecule has 0 aliphatic carbocycles. The summed E-state index contributed by atoms with van der Waals surface area (Å²) in [4.78, 5) is 1.97. The van der Waals surface area contributed by atoms with Crippen LogP contribution < -0.4 is 10.2 Å². The van der Waals surface area contributed by atoms with Gasteiger partial charge in [0, 0.05) is 25.1 Å². The van der Waals surface area contributed by atoms with Crippen LogP contribution in [0.25, 0.3) is 0 Å². The van der Waals surface area contributed by atoms with Crippen molar-refractivity contribution in [3.63, 3.8) is 0 Å². The predicted molar refractivity (Wildman–Crippen MR) is 125 cm³/mol. The second-order valence-electron chi connectivity index (χ2n) is 7.96. The van der Waals surface area contributed by atoms with E-state index in [2.05, 4.69) is 13.8 Å². The smallest absolute Gasteiger partial charge is 0.264 e. The highest BCUT2D eigenvalue weighted by atomic mass is 31.2. The number of nitrogens with zero attached hydrogens (tertiary/aromatic N) is 1. The van der Waals surface area contributed by atoms with Gasteiger partial charge in [-0.2, -0.15) is 0 Å². The standard InChI is InChI=1S/C25H30NO3P/c1-19(2)21-10-12-22(13-11-21)25(27)30(28,29-18-20-8-6-5-7-9-20)24-16-14-23(15-17-24)26(3)4/h5-17,19,25,27H,18H2,1-4H3/t25-,30+/m1/s1. The van der Waals surface area contributed by atoms with Crippen molar-refractivity contribution in [3.05, 3.63) is 95.6 Å². The minimum atomic E-state index is -3.60.